The molecular weight excluding hydrogens is 234 g/mol. The van der Waals surface area contributed by atoms with Gasteiger partial charge in [-0.1, -0.05) is 0 Å². The zero-order chi connectivity index (χ0) is 11.7. The van der Waals surface area contributed by atoms with Gasteiger partial charge in [-0.2, -0.15) is 0 Å². The molecule has 80 valence electrons. The molecule has 0 bridgehead atoms. The molecule has 0 aromatic carbocycles. The summed E-state index contributed by atoms with van der Waals surface area (Å²) in [6.45, 7) is 1.63. The van der Waals surface area contributed by atoms with E-state index in [1.54, 1.807) is 0 Å². The van der Waals surface area contributed by atoms with Gasteiger partial charge in [0.1, 0.15) is 5.16 Å². The van der Waals surface area contributed by atoms with E-state index in [9.17, 15) is 28.2 Å². The highest BCUT2D eigenvalue weighted by Crippen LogP contribution is 2.47. The van der Waals surface area contributed by atoms with Crippen LogP contribution in [0.5, 0.6) is 0 Å². The van der Waals surface area contributed by atoms with Crippen LogP contribution < -0.4 is 0 Å². The molecule has 0 heterocycles. The first kappa shape index (κ1) is 13.2. The number of rotatable bonds is 4. The number of carbonyl (C=O) groups is 1. The standard InChI is InChI=1S/C5H8O7P2/c1-4(2,13(9)10)5(8,3(6)7)14(11)12/h8H,1-2H3,(H,6,7). The molecular formula is C5H8O7P2. The molecule has 0 aromatic heterocycles. The topological polar surface area (TPSA) is 126 Å². The minimum atomic E-state index is -3.83. The van der Waals surface area contributed by atoms with Crippen LogP contribution in [-0.4, -0.2) is 26.7 Å². The van der Waals surface area contributed by atoms with E-state index in [1.165, 1.54) is 0 Å². The molecule has 14 heavy (non-hydrogen) atoms. The summed E-state index contributed by atoms with van der Waals surface area (Å²) in [5, 5.41) is 12.2. The molecule has 7 nitrogen and oxygen atoms in total. The minimum absolute atomic E-state index is 0.817. The monoisotopic (exact) mass is 242 g/mol. The van der Waals surface area contributed by atoms with Gasteiger partial charge in [-0.3, -0.25) is 0 Å². The number of hydrogen-bond acceptors (Lipinski definition) is 6. The number of aliphatic carboxylic acids is 1. The molecule has 0 saturated heterocycles. The van der Waals surface area contributed by atoms with Crippen LogP contribution in [0.2, 0.25) is 0 Å². The first-order valence-corrected chi connectivity index (χ1v) is 5.68. The predicted octanol–water partition coefficient (Wildman–Crippen LogP) is 0.884. The Morgan fingerprint density at radius 2 is 1.43 bits per heavy atom. The van der Waals surface area contributed by atoms with Crippen LogP contribution in [0.3, 0.4) is 0 Å². The van der Waals surface area contributed by atoms with E-state index in [4.69, 9.17) is 5.11 Å². The van der Waals surface area contributed by atoms with Gasteiger partial charge >= 0.3 is 21.3 Å². The zero-order valence-corrected chi connectivity index (χ0v) is 9.12. The van der Waals surface area contributed by atoms with Crippen molar-refractivity contribution in [3.8, 4) is 0 Å². The van der Waals surface area contributed by atoms with Crippen molar-refractivity contribution in [1.29, 1.82) is 0 Å². The second-order valence-electron chi connectivity index (χ2n) is 3.05. The van der Waals surface area contributed by atoms with Crippen molar-refractivity contribution in [2.24, 2.45) is 0 Å². The van der Waals surface area contributed by atoms with Gasteiger partial charge in [0.25, 0.3) is 5.34 Å². The Kier molecular flexibility index (Phi) is 3.56. The van der Waals surface area contributed by atoms with E-state index in [0.29, 0.717) is 0 Å². The van der Waals surface area contributed by atoms with Crippen LogP contribution in [0.15, 0.2) is 0 Å². The number of carboxylic acids is 1. The summed E-state index contributed by atoms with van der Waals surface area (Å²) in [5.41, 5.74) is 0. The molecule has 0 rings (SSSR count). The third-order valence-electron chi connectivity index (χ3n) is 1.87. The summed E-state index contributed by atoms with van der Waals surface area (Å²) in [6.07, 6.45) is 0. The maximum Gasteiger partial charge on any atom is 0.361 e. The van der Waals surface area contributed by atoms with Crippen LogP contribution in [0.1, 0.15) is 13.8 Å². The summed E-state index contributed by atoms with van der Waals surface area (Å²) in [6, 6.07) is 0. The van der Waals surface area contributed by atoms with Crippen LogP contribution in [0.25, 0.3) is 0 Å². The Hall–Kier alpha value is -0.770. The first-order chi connectivity index (χ1) is 6.08. The third-order valence-corrected chi connectivity index (χ3v) is 4.56. The van der Waals surface area contributed by atoms with Crippen molar-refractivity contribution in [2.45, 2.75) is 24.3 Å². The average molecular weight is 242 g/mol. The first-order valence-electron chi connectivity index (χ1n) is 3.33. The molecule has 0 spiro atoms. The van der Waals surface area contributed by atoms with E-state index >= 15 is 0 Å². The molecule has 2 N–H and O–H groups in total. The van der Waals surface area contributed by atoms with Crippen LogP contribution in [0, 0.1) is 0 Å². The van der Waals surface area contributed by atoms with Gasteiger partial charge in [-0.15, -0.1) is 0 Å². The Morgan fingerprint density at radius 3 is 1.50 bits per heavy atom. The smallest absolute Gasteiger partial charge is 0.361 e. The SMILES string of the molecule is CC(C)(P(=O)=O)C(O)(C(=O)O)P(=O)=O. The number of aliphatic hydroxyl groups is 1. The Morgan fingerprint density at radius 1 is 1.07 bits per heavy atom. The van der Waals surface area contributed by atoms with Gasteiger partial charge in [0.15, 0.2) is 0 Å². The lowest BCUT2D eigenvalue weighted by Gasteiger charge is -2.26. The van der Waals surface area contributed by atoms with Crippen molar-refractivity contribution >= 4 is 21.3 Å². The Labute approximate surface area is 79.8 Å². The van der Waals surface area contributed by atoms with Crippen molar-refractivity contribution in [1.82, 2.24) is 0 Å². The Bertz CT molecular complexity index is 375. The lowest BCUT2D eigenvalue weighted by molar-refractivity contribution is -0.152. The fourth-order valence-electron chi connectivity index (χ4n) is 0.690. The van der Waals surface area contributed by atoms with Crippen molar-refractivity contribution in [2.75, 3.05) is 0 Å². The van der Waals surface area contributed by atoms with Crippen molar-refractivity contribution < 1.29 is 33.3 Å². The number of carboxylic acid groups (broad SMARTS) is 1. The van der Waals surface area contributed by atoms with Gasteiger partial charge in [0.05, 0.1) is 0 Å². The molecule has 1 unspecified atom stereocenters. The fourth-order valence-corrected chi connectivity index (χ4v) is 2.13. The third kappa shape index (κ3) is 1.71. The van der Waals surface area contributed by atoms with Crippen LogP contribution >= 0.6 is 15.4 Å². The maximum absolute atomic E-state index is 10.6. The molecule has 0 aliphatic rings. The minimum Gasteiger partial charge on any atom is -0.478 e. The normalized spacial score (nSPS) is 15.6. The quantitative estimate of drug-likeness (QED) is 0.700. The second-order valence-corrected chi connectivity index (χ2v) is 5.84. The molecule has 0 radical (unpaired) electrons. The highest BCUT2D eigenvalue weighted by molar-refractivity contribution is 7.39. The van der Waals surface area contributed by atoms with Crippen molar-refractivity contribution in [3.63, 3.8) is 0 Å². The summed E-state index contributed by atoms with van der Waals surface area (Å²) in [5.74, 6) is -2.11. The van der Waals surface area contributed by atoms with Crippen molar-refractivity contribution in [3.05, 3.63) is 0 Å². The van der Waals surface area contributed by atoms with E-state index in [1.807, 2.05) is 0 Å². The summed E-state index contributed by atoms with van der Waals surface area (Å²) in [7, 11) is -7.24. The highest BCUT2D eigenvalue weighted by atomic mass is 31.1. The molecule has 0 amide bonds. The molecule has 0 fully saturated rings. The molecule has 0 aromatic rings. The van der Waals surface area contributed by atoms with E-state index in [2.05, 4.69) is 0 Å². The van der Waals surface area contributed by atoms with E-state index in [-0.39, 0.29) is 0 Å². The summed E-state index contributed by atoms with van der Waals surface area (Å²) < 4.78 is 42.4. The van der Waals surface area contributed by atoms with Crippen LogP contribution in [0.4, 0.5) is 0 Å². The van der Waals surface area contributed by atoms with Crippen LogP contribution in [-0.2, 0) is 23.1 Å². The van der Waals surface area contributed by atoms with Gasteiger partial charge in [0, 0.05) is 0 Å². The average Bonchev–Trinajstić information content (AvgIpc) is 2.01. The maximum atomic E-state index is 10.6. The number of hydrogen-bond donors (Lipinski definition) is 2. The molecule has 0 aliphatic heterocycles. The van der Waals surface area contributed by atoms with E-state index in [0.717, 1.165) is 13.8 Å². The molecule has 1 atom stereocenters. The fraction of sp³-hybridized carbons (Fsp3) is 0.800. The highest BCUT2D eigenvalue weighted by Gasteiger charge is 2.59. The summed E-state index contributed by atoms with van der Waals surface area (Å²) in [4.78, 5) is 10.5. The predicted molar refractivity (Wildman–Crippen MR) is 43.3 cm³/mol. The van der Waals surface area contributed by atoms with E-state index < -0.39 is 31.8 Å². The van der Waals surface area contributed by atoms with Gasteiger partial charge in [-0.05, 0) is 13.8 Å². The largest absolute Gasteiger partial charge is 0.478 e. The molecule has 9 heteroatoms. The van der Waals surface area contributed by atoms with Gasteiger partial charge < -0.3 is 10.2 Å². The van der Waals surface area contributed by atoms with Gasteiger partial charge in [0.2, 0.25) is 0 Å². The summed E-state index contributed by atoms with van der Waals surface area (Å²) >= 11 is 0. The lowest BCUT2D eigenvalue weighted by Crippen LogP contribution is -2.49. The molecule has 0 aliphatic carbocycles. The lowest BCUT2D eigenvalue weighted by atomic mass is 10.1. The Balaban J connectivity index is 5.81. The zero-order valence-electron chi connectivity index (χ0n) is 7.33. The van der Waals surface area contributed by atoms with Gasteiger partial charge in [-0.25, -0.2) is 23.1 Å². The molecule has 0 saturated carbocycles. The second kappa shape index (κ2) is 3.77.